The molecular formula is C17H34N2O3. The number of hydrogen-bond acceptors (Lipinski definition) is 3. The summed E-state index contributed by atoms with van der Waals surface area (Å²) in [5.41, 5.74) is 0. The van der Waals surface area contributed by atoms with Crippen molar-refractivity contribution in [3.63, 3.8) is 0 Å². The van der Waals surface area contributed by atoms with Crippen LogP contribution in [0.5, 0.6) is 0 Å². The average Bonchev–Trinajstić information content (AvgIpc) is 2.48. The van der Waals surface area contributed by atoms with E-state index in [1.165, 1.54) is 58.3 Å². The van der Waals surface area contributed by atoms with E-state index in [2.05, 4.69) is 17.6 Å². The third-order valence-electron chi connectivity index (χ3n) is 3.85. The molecule has 0 unspecified atom stereocenters. The lowest BCUT2D eigenvalue weighted by atomic mass is 10.1. The number of carboxylic acids is 1. The van der Waals surface area contributed by atoms with Gasteiger partial charge in [-0.2, -0.15) is 0 Å². The summed E-state index contributed by atoms with van der Waals surface area (Å²) in [5, 5.41) is 14.3. The van der Waals surface area contributed by atoms with Crippen LogP contribution >= 0.6 is 0 Å². The molecule has 0 saturated carbocycles. The number of carbonyl (C=O) groups excluding carboxylic acids is 1. The molecule has 0 heterocycles. The number of unbranched alkanes of at least 4 members (excludes halogenated alkanes) is 8. The third kappa shape index (κ3) is 11.5. The lowest BCUT2D eigenvalue weighted by Gasteiger charge is -2.16. The summed E-state index contributed by atoms with van der Waals surface area (Å²) in [6, 6.07) is -1.19. The monoisotopic (exact) mass is 314 g/mol. The normalized spacial score (nSPS) is 13.6. The molecule has 0 fully saturated rings. The number of nitrogens with one attached hydrogen (secondary N) is 2. The van der Waals surface area contributed by atoms with Gasteiger partial charge in [0.05, 0.1) is 6.04 Å². The zero-order valence-corrected chi connectivity index (χ0v) is 14.5. The molecule has 0 rings (SSSR count). The number of hydrogen-bond donors (Lipinski definition) is 3. The van der Waals surface area contributed by atoms with Crippen LogP contribution in [-0.4, -0.2) is 35.6 Å². The molecule has 0 aliphatic carbocycles. The summed E-state index contributed by atoms with van der Waals surface area (Å²) in [6.45, 7) is 6.26. The maximum atomic E-state index is 11.7. The largest absolute Gasteiger partial charge is 0.480 e. The van der Waals surface area contributed by atoms with Crippen molar-refractivity contribution in [2.45, 2.75) is 90.6 Å². The fraction of sp³-hybridized carbons (Fsp3) is 0.882. The molecule has 0 radical (unpaired) electrons. The predicted molar refractivity (Wildman–Crippen MR) is 89.9 cm³/mol. The summed E-state index contributed by atoms with van der Waals surface area (Å²) < 4.78 is 0. The molecule has 3 N–H and O–H groups in total. The van der Waals surface area contributed by atoms with Gasteiger partial charge < -0.3 is 15.7 Å². The summed E-state index contributed by atoms with van der Waals surface area (Å²) in [5.74, 6) is -1.27. The van der Waals surface area contributed by atoms with E-state index in [-0.39, 0.29) is 11.9 Å². The van der Waals surface area contributed by atoms with Gasteiger partial charge in [-0.25, -0.2) is 0 Å². The van der Waals surface area contributed by atoms with E-state index in [1.807, 2.05) is 0 Å². The molecule has 2 atom stereocenters. The minimum atomic E-state index is -1.01. The van der Waals surface area contributed by atoms with Gasteiger partial charge in [-0.3, -0.25) is 9.59 Å². The second-order valence-corrected chi connectivity index (χ2v) is 6.07. The summed E-state index contributed by atoms with van der Waals surface area (Å²) in [7, 11) is 0. The number of amides is 1. The Morgan fingerprint density at radius 3 is 1.86 bits per heavy atom. The van der Waals surface area contributed by atoms with E-state index in [4.69, 9.17) is 5.11 Å². The molecule has 0 aromatic carbocycles. The molecule has 1 amide bonds. The molecule has 5 heteroatoms. The Bertz CT molecular complexity index is 308. The highest BCUT2D eigenvalue weighted by atomic mass is 16.4. The molecule has 0 spiro atoms. The predicted octanol–water partition coefficient (Wildman–Crippen LogP) is 3.08. The minimum Gasteiger partial charge on any atom is -0.480 e. The second-order valence-electron chi connectivity index (χ2n) is 6.07. The number of aliphatic carboxylic acids is 1. The van der Waals surface area contributed by atoms with Crippen LogP contribution in [0, 0.1) is 0 Å². The number of carboxylic acid groups (broad SMARTS) is 1. The van der Waals surface area contributed by atoms with Crippen molar-refractivity contribution in [2.75, 3.05) is 6.54 Å². The summed E-state index contributed by atoms with van der Waals surface area (Å²) in [6.07, 6.45) is 11.5. The lowest BCUT2D eigenvalue weighted by Crippen LogP contribution is -2.48. The quantitative estimate of drug-likeness (QED) is 0.431. The van der Waals surface area contributed by atoms with E-state index in [9.17, 15) is 9.59 Å². The highest BCUT2D eigenvalue weighted by Gasteiger charge is 2.18. The van der Waals surface area contributed by atoms with Crippen LogP contribution in [0.1, 0.15) is 78.6 Å². The molecule has 130 valence electrons. The fourth-order valence-corrected chi connectivity index (χ4v) is 2.25. The molecule has 0 aromatic heterocycles. The molecule has 0 aliphatic rings. The van der Waals surface area contributed by atoms with E-state index >= 15 is 0 Å². The van der Waals surface area contributed by atoms with Gasteiger partial charge in [0.25, 0.3) is 0 Å². The number of rotatable bonds is 14. The Morgan fingerprint density at radius 2 is 1.36 bits per heavy atom. The van der Waals surface area contributed by atoms with Crippen LogP contribution < -0.4 is 10.6 Å². The van der Waals surface area contributed by atoms with Gasteiger partial charge in [-0.05, 0) is 26.8 Å². The highest BCUT2D eigenvalue weighted by molar-refractivity contribution is 5.86. The maximum Gasteiger partial charge on any atom is 0.325 e. The van der Waals surface area contributed by atoms with Gasteiger partial charge in [0.1, 0.15) is 6.04 Å². The summed E-state index contributed by atoms with van der Waals surface area (Å²) >= 11 is 0. The van der Waals surface area contributed by atoms with Crippen molar-refractivity contribution in [3.05, 3.63) is 0 Å². The molecule has 0 saturated heterocycles. The van der Waals surface area contributed by atoms with E-state index < -0.39 is 12.0 Å². The first-order valence-corrected chi connectivity index (χ1v) is 8.75. The second kappa shape index (κ2) is 13.6. The molecule has 5 nitrogen and oxygen atoms in total. The standard InChI is InChI=1S/C17H34N2O3/c1-4-5-6-7-8-9-10-11-12-13-18-14(2)16(20)19-15(3)17(21)22/h14-15,18H,4-13H2,1-3H3,(H,19,20)(H,21,22)/t14-,15-/m0/s1. The van der Waals surface area contributed by atoms with Crippen LogP contribution in [0.15, 0.2) is 0 Å². The maximum absolute atomic E-state index is 11.7. The topological polar surface area (TPSA) is 78.4 Å². The van der Waals surface area contributed by atoms with E-state index in [0.717, 1.165) is 13.0 Å². The van der Waals surface area contributed by atoms with Crippen LogP contribution in [0.4, 0.5) is 0 Å². The minimum absolute atomic E-state index is 0.258. The van der Waals surface area contributed by atoms with Crippen LogP contribution in [-0.2, 0) is 9.59 Å². The van der Waals surface area contributed by atoms with Crippen LogP contribution in [0.25, 0.3) is 0 Å². The van der Waals surface area contributed by atoms with Crippen LogP contribution in [0.2, 0.25) is 0 Å². The number of carbonyl (C=O) groups is 2. The van der Waals surface area contributed by atoms with Crippen molar-refractivity contribution in [3.8, 4) is 0 Å². The molecule has 0 aromatic rings. The van der Waals surface area contributed by atoms with Crippen molar-refractivity contribution >= 4 is 11.9 Å². The van der Waals surface area contributed by atoms with Gasteiger partial charge in [-0.1, -0.05) is 58.3 Å². The molecule has 0 bridgehead atoms. The van der Waals surface area contributed by atoms with Crippen molar-refractivity contribution in [1.82, 2.24) is 10.6 Å². The van der Waals surface area contributed by atoms with Gasteiger partial charge in [0.2, 0.25) is 5.91 Å². The SMILES string of the molecule is CCCCCCCCCCCN[C@@H](C)C(=O)N[C@@H](C)C(=O)O. The first kappa shape index (κ1) is 20.9. The average molecular weight is 314 g/mol. The van der Waals surface area contributed by atoms with Gasteiger partial charge >= 0.3 is 5.97 Å². The van der Waals surface area contributed by atoms with Crippen LogP contribution in [0.3, 0.4) is 0 Å². The fourth-order valence-electron chi connectivity index (χ4n) is 2.25. The Kier molecular flexibility index (Phi) is 12.9. The lowest BCUT2D eigenvalue weighted by molar-refractivity contribution is -0.141. The van der Waals surface area contributed by atoms with Gasteiger partial charge in [0.15, 0.2) is 0 Å². The first-order chi connectivity index (χ1) is 10.5. The zero-order valence-electron chi connectivity index (χ0n) is 14.5. The smallest absolute Gasteiger partial charge is 0.325 e. The molecular weight excluding hydrogens is 280 g/mol. The van der Waals surface area contributed by atoms with Crippen molar-refractivity contribution in [2.24, 2.45) is 0 Å². The molecule has 0 aliphatic heterocycles. The Morgan fingerprint density at radius 1 is 0.864 bits per heavy atom. The van der Waals surface area contributed by atoms with Crippen molar-refractivity contribution < 1.29 is 14.7 Å². The Labute approximate surface area is 135 Å². The molecule has 22 heavy (non-hydrogen) atoms. The summed E-state index contributed by atoms with van der Waals surface area (Å²) in [4.78, 5) is 22.4. The van der Waals surface area contributed by atoms with Gasteiger partial charge in [-0.15, -0.1) is 0 Å². The van der Waals surface area contributed by atoms with E-state index in [1.54, 1.807) is 6.92 Å². The Balaban J connectivity index is 3.46. The Hall–Kier alpha value is -1.10. The zero-order chi connectivity index (χ0) is 16.8. The van der Waals surface area contributed by atoms with Crippen molar-refractivity contribution in [1.29, 1.82) is 0 Å². The highest BCUT2D eigenvalue weighted by Crippen LogP contribution is 2.09. The van der Waals surface area contributed by atoms with Gasteiger partial charge in [0, 0.05) is 0 Å². The first-order valence-electron chi connectivity index (χ1n) is 8.75. The van der Waals surface area contributed by atoms with E-state index in [0.29, 0.717) is 0 Å². The third-order valence-corrected chi connectivity index (χ3v) is 3.85.